The molecule has 0 saturated carbocycles. The van der Waals surface area contributed by atoms with E-state index in [9.17, 15) is 13.2 Å². The van der Waals surface area contributed by atoms with Crippen LogP contribution in [0.4, 0.5) is 13.2 Å². The molecule has 0 spiro atoms. The molecule has 8 heteroatoms. The number of aryl methyl sites for hydroxylation is 1. The summed E-state index contributed by atoms with van der Waals surface area (Å²) in [6.45, 7) is 1.90. The van der Waals surface area contributed by atoms with E-state index < -0.39 is 6.36 Å². The van der Waals surface area contributed by atoms with Crippen LogP contribution in [0.2, 0.25) is 0 Å². The van der Waals surface area contributed by atoms with Gasteiger partial charge in [0.25, 0.3) is 0 Å². The predicted octanol–water partition coefficient (Wildman–Crippen LogP) is 3.10. The first-order valence-electron chi connectivity index (χ1n) is 6.10. The number of nitrogens with two attached hydrogens (primary N) is 1. The Morgan fingerprint density at radius 2 is 2.00 bits per heavy atom. The Morgan fingerprint density at radius 3 is 2.48 bits per heavy atom. The molecule has 0 radical (unpaired) electrons. The Morgan fingerprint density at radius 1 is 1.33 bits per heavy atom. The Labute approximate surface area is 123 Å². The van der Waals surface area contributed by atoms with Crippen molar-refractivity contribution in [3.8, 4) is 5.75 Å². The predicted molar refractivity (Wildman–Crippen MR) is 73.7 cm³/mol. The van der Waals surface area contributed by atoms with Crippen LogP contribution in [0.25, 0.3) is 0 Å². The topological polar surface area (TPSA) is 60.2 Å². The first kappa shape index (κ1) is 15.7. The van der Waals surface area contributed by atoms with E-state index >= 15 is 0 Å². The van der Waals surface area contributed by atoms with Crippen LogP contribution in [0, 0.1) is 6.92 Å². The summed E-state index contributed by atoms with van der Waals surface area (Å²) in [6.07, 6.45) is -4.13. The Bertz CT molecular complexity index is 583. The minimum atomic E-state index is -4.69. The molecular weight excluding hydrogens is 303 g/mol. The average molecular weight is 317 g/mol. The highest BCUT2D eigenvalue weighted by atomic mass is 32.1. The summed E-state index contributed by atoms with van der Waals surface area (Å²) in [7, 11) is 0. The molecule has 1 unspecified atom stereocenters. The second kappa shape index (κ2) is 6.42. The van der Waals surface area contributed by atoms with Gasteiger partial charge >= 0.3 is 6.36 Å². The number of thiazole rings is 1. The molecule has 1 aromatic carbocycles. The van der Waals surface area contributed by atoms with Gasteiger partial charge in [-0.05, 0) is 24.6 Å². The van der Waals surface area contributed by atoms with Crippen molar-refractivity contribution in [1.82, 2.24) is 10.4 Å². The van der Waals surface area contributed by atoms with Crippen molar-refractivity contribution in [3.63, 3.8) is 0 Å². The molecule has 4 nitrogen and oxygen atoms in total. The number of benzene rings is 1. The molecule has 0 fully saturated rings. The van der Waals surface area contributed by atoms with Crippen molar-refractivity contribution in [1.29, 1.82) is 0 Å². The quantitative estimate of drug-likeness (QED) is 0.657. The lowest BCUT2D eigenvalue weighted by atomic mass is 10.0. The van der Waals surface area contributed by atoms with Crippen molar-refractivity contribution in [2.45, 2.75) is 25.7 Å². The first-order chi connectivity index (χ1) is 9.87. The summed E-state index contributed by atoms with van der Waals surface area (Å²) in [5.74, 6) is 5.26. The first-order valence-corrected chi connectivity index (χ1v) is 6.98. The molecule has 0 bridgehead atoms. The Balaban J connectivity index is 2.08. The molecule has 0 aliphatic heterocycles. The van der Waals surface area contributed by atoms with Gasteiger partial charge in [0.1, 0.15) is 5.75 Å². The SMILES string of the molecule is Cc1csc(CC(NN)c2ccc(OC(F)(F)F)cc2)n1. The fourth-order valence-electron chi connectivity index (χ4n) is 1.85. The molecule has 2 aromatic rings. The van der Waals surface area contributed by atoms with Gasteiger partial charge in [0.15, 0.2) is 0 Å². The zero-order chi connectivity index (χ0) is 15.5. The maximum Gasteiger partial charge on any atom is 0.573 e. The number of nitrogens with one attached hydrogen (secondary N) is 1. The summed E-state index contributed by atoms with van der Waals surface area (Å²) in [6, 6.07) is 5.40. The number of aromatic nitrogens is 1. The van der Waals surface area contributed by atoms with Gasteiger partial charge in [-0.2, -0.15) is 0 Å². The molecule has 1 heterocycles. The van der Waals surface area contributed by atoms with E-state index in [4.69, 9.17) is 5.84 Å². The molecule has 1 aromatic heterocycles. The number of alkyl halides is 3. The largest absolute Gasteiger partial charge is 0.573 e. The van der Waals surface area contributed by atoms with Crippen LogP contribution in [-0.4, -0.2) is 11.3 Å². The van der Waals surface area contributed by atoms with Crippen molar-refractivity contribution in [3.05, 3.63) is 45.9 Å². The number of ether oxygens (including phenoxy) is 1. The van der Waals surface area contributed by atoms with Gasteiger partial charge in [0, 0.05) is 17.5 Å². The fraction of sp³-hybridized carbons (Fsp3) is 0.308. The van der Waals surface area contributed by atoms with Crippen LogP contribution in [-0.2, 0) is 6.42 Å². The minimum Gasteiger partial charge on any atom is -0.406 e. The highest BCUT2D eigenvalue weighted by Crippen LogP contribution is 2.26. The van der Waals surface area contributed by atoms with Gasteiger partial charge in [-0.1, -0.05) is 12.1 Å². The summed E-state index contributed by atoms with van der Waals surface area (Å²) < 4.78 is 40.1. The van der Waals surface area contributed by atoms with Gasteiger partial charge in [0.2, 0.25) is 0 Å². The molecule has 0 amide bonds. The van der Waals surface area contributed by atoms with E-state index in [1.165, 1.54) is 23.5 Å². The third-order valence-corrected chi connectivity index (χ3v) is 3.75. The van der Waals surface area contributed by atoms with Crippen LogP contribution in [0.3, 0.4) is 0 Å². The summed E-state index contributed by atoms with van der Waals surface area (Å²) >= 11 is 1.52. The lowest BCUT2D eigenvalue weighted by Gasteiger charge is -2.16. The zero-order valence-corrected chi connectivity index (χ0v) is 12.0. The Kier molecular flexibility index (Phi) is 4.81. The lowest BCUT2D eigenvalue weighted by Crippen LogP contribution is -2.29. The third kappa shape index (κ3) is 4.69. The summed E-state index contributed by atoms with van der Waals surface area (Å²) in [5.41, 5.74) is 4.34. The standard InChI is InChI=1S/C13H14F3N3OS/c1-8-7-21-12(18-8)6-11(19-17)9-2-4-10(5-3-9)20-13(14,15)16/h2-5,7,11,19H,6,17H2,1H3. The van der Waals surface area contributed by atoms with E-state index in [1.54, 1.807) is 12.1 Å². The monoisotopic (exact) mass is 317 g/mol. The van der Waals surface area contributed by atoms with E-state index in [0.29, 0.717) is 6.42 Å². The smallest absolute Gasteiger partial charge is 0.406 e. The van der Waals surface area contributed by atoms with Gasteiger partial charge in [-0.15, -0.1) is 24.5 Å². The third-order valence-electron chi connectivity index (χ3n) is 2.76. The van der Waals surface area contributed by atoms with E-state index in [0.717, 1.165) is 16.3 Å². The normalized spacial score (nSPS) is 13.2. The minimum absolute atomic E-state index is 0.226. The number of nitrogens with zero attached hydrogens (tertiary/aromatic N) is 1. The van der Waals surface area contributed by atoms with Gasteiger partial charge in [-0.25, -0.2) is 4.98 Å². The molecule has 0 saturated heterocycles. The number of halogens is 3. The van der Waals surface area contributed by atoms with E-state index in [1.807, 2.05) is 12.3 Å². The molecule has 114 valence electrons. The van der Waals surface area contributed by atoms with E-state index in [2.05, 4.69) is 15.1 Å². The summed E-state index contributed by atoms with van der Waals surface area (Å²) in [5, 5.41) is 2.84. The second-order valence-corrected chi connectivity index (χ2v) is 5.37. The van der Waals surface area contributed by atoms with Crippen molar-refractivity contribution >= 4 is 11.3 Å². The number of hydrogen-bond donors (Lipinski definition) is 2. The highest BCUT2D eigenvalue weighted by Gasteiger charge is 2.31. The lowest BCUT2D eigenvalue weighted by molar-refractivity contribution is -0.274. The van der Waals surface area contributed by atoms with Gasteiger partial charge in [-0.3, -0.25) is 11.3 Å². The average Bonchev–Trinajstić information content (AvgIpc) is 2.81. The second-order valence-electron chi connectivity index (χ2n) is 4.42. The van der Waals surface area contributed by atoms with Crippen molar-refractivity contribution < 1.29 is 17.9 Å². The van der Waals surface area contributed by atoms with Crippen LogP contribution < -0.4 is 16.0 Å². The summed E-state index contributed by atoms with van der Waals surface area (Å²) in [4.78, 5) is 4.34. The van der Waals surface area contributed by atoms with Gasteiger partial charge < -0.3 is 4.74 Å². The molecule has 0 aliphatic carbocycles. The number of hydrazine groups is 1. The maximum absolute atomic E-state index is 12.1. The van der Waals surface area contributed by atoms with Crippen LogP contribution in [0.5, 0.6) is 5.75 Å². The number of hydrogen-bond acceptors (Lipinski definition) is 5. The highest BCUT2D eigenvalue weighted by molar-refractivity contribution is 7.09. The molecule has 1 atom stereocenters. The number of rotatable bonds is 5. The maximum atomic E-state index is 12.1. The van der Waals surface area contributed by atoms with Crippen LogP contribution in [0.1, 0.15) is 22.3 Å². The van der Waals surface area contributed by atoms with Crippen LogP contribution in [0.15, 0.2) is 29.6 Å². The van der Waals surface area contributed by atoms with Crippen molar-refractivity contribution in [2.24, 2.45) is 5.84 Å². The fourth-order valence-corrected chi connectivity index (χ4v) is 2.66. The molecule has 21 heavy (non-hydrogen) atoms. The van der Waals surface area contributed by atoms with E-state index in [-0.39, 0.29) is 11.8 Å². The Hall–Kier alpha value is -1.64. The zero-order valence-electron chi connectivity index (χ0n) is 11.1. The molecule has 0 aliphatic rings. The van der Waals surface area contributed by atoms with Crippen molar-refractivity contribution in [2.75, 3.05) is 0 Å². The molecule has 3 N–H and O–H groups in total. The molecular formula is C13H14F3N3OS. The van der Waals surface area contributed by atoms with Gasteiger partial charge in [0.05, 0.1) is 11.0 Å². The van der Waals surface area contributed by atoms with Crippen LogP contribution >= 0.6 is 11.3 Å². The molecule has 2 rings (SSSR count).